The summed E-state index contributed by atoms with van der Waals surface area (Å²) in [6.07, 6.45) is 13.4. The minimum Gasteiger partial charge on any atom is -0.205 e. The van der Waals surface area contributed by atoms with Crippen molar-refractivity contribution in [2.24, 2.45) is 17.8 Å². The molecule has 0 heterocycles. The summed E-state index contributed by atoms with van der Waals surface area (Å²) < 4.78 is 28.1. The van der Waals surface area contributed by atoms with Gasteiger partial charge >= 0.3 is 0 Å². The van der Waals surface area contributed by atoms with Crippen LogP contribution in [0.5, 0.6) is 0 Å². The van der Waals surface area contributed by atoms with Crippen molar-refractivity contribution in [3.05, 3.63) is 46.5 Å². The molecule has 2 aromatic carbocycles. The quantitative estimate of drug-likeness (QED) is 0.345. The number of halogens is 3. The first kappa shape index (κ1) is 20.1. The molecule has 0 bridgehead atoms. The first-order valence-corrected chi connectivity index (χ1v) is 11.5. The molecule has 3 heteroatoms. The summed E-state index contributed by atoms with van der Waals surface area (Å²) in [7, 11) is 0. The Balaban J connectivity index is 1.44. The number of unbranched alkanes of at least 4 members (excludes halogenated alkanes) is 2. The molecule has 0 amide bonds. The van der Waals surface area contributed by atoms with E-state index in [1.165, 1.54) is 75.8 Å². The second-order valence-electron chi connectivity index (χ2n) is 9.17. The van der Waals surface area contributed by atoms with E-state index in [1.54, 1.807) is 6.07 Å². The topological polar surface area (TPSA) is 0 Å². The standard InChI is InChI=1S/C25H31ClF2/c1-2-3-4-5-16-6-7-18-13-19(9-8-17(18)12-16)20-10-11-22-21(14-20)15-23(27)24(26)25(22)28/h10-11,14-19H,2-9,12-13H2,1H3/t16-,17?,18-,19?/m1/s1. The van der Waals surface area contributed by atoms with Crippen molar-refractivity contribution in [1.82, 2.24) is 0 Å². The highest BCUT2D eigenvalue weighted by atomic mass is 35.5. The van der Waals surface area contributed by atoms with E-state index in [-0.39, 0.29) is 0 Å². The van der Waals surface area contributed by atoms with Crippen LogP contribution < -0.4 is 0 Å². The Hall–Kier alpha value is -1.15. The van der Waals surface area contributed by atoms with E-state index >= 15 is 0 Å². The molecule has 0 aliphatic heterocycles. The number of benzene rings is 2. The molecule has 152 valence electrons. The SMILES string of the molecule is CCCCC[C@@H]1CC[C@@H]2CC(c3ccc4c(F)c(Cl)c(F)cc4c3)CCC2C1. The van der Waals surface area contributed by atoms with Gasteiger partial charge in [-0.15, -0.1) is 0 Å². The Kier molecular flexibility index (Phi) is 6.25. The van der Waals surface area contributed by atoms with Crippen LogP contribution in [0.1, 0.15) is 82.6 Å². The molecule has 4 atom stereocenters. The Morgan fingerprint density at radius 3 is 2.57 bits per heavy atom. The lowest BCUT2D eigenvalue weighted by Crippen LogP contribution is -2.30. The third-order valence-electron chi connectivity index (χ3n) is 7.41. The lowest BCUT2D eigenvalue weighted by atomic mass is 9.63. The van der Waals surface area contributed by atoms with Gasteiger partial charge in [-0.3, -0.25) is 0 Å². The number of hydrogen-bond acceptors (Lipinski definition) is 0. The van der Waals surface area contributed by atoms with Crippen LogP contribution >= 0.6 is 11.6 Å². The van der Waals surface area contributed by atoms with Gasteiger partial charge in [0.25, 0.3) is 0 Å². The molecule has 28 heavy (non-hydrogen) atoms. The van der Waals surface area contributed by atoms with Gasteiger partial charge in [0.2, 0.25) is 0 Å². The predicted octanol–water partition coefficient (Wildman–Crippen LogP) is 8.65. The smallest absolute Gasteiger partial charge is 0.152 e. The van der Waals surface area contributed by atoms with Crippen LogP contribution in [0.4, 0.5) is 8.78 Å². The zero-order valence-electron chi connectivity index (χ0n) is 16.8. The number of rotatable bonds is 5. The van der Waals surface area contributed by atoms with E-state index in [9.17, 15) is 8.78 Å². The average molecular weight is 405 g/mol. The van der Waals surface area contributed by atoms with Crippen molar-refractivity contribution >= 4 is 22.4 Å². The van der Waals surface area contributed by atoms with E-state index in [0.717, 1.165) is 17.8 Å². The molecule has 0 N–H and O–H groups in total. The lowest BCUT2D eigenvalue weighted by molar-refractivity contribution is 0.113. The summed E-state index contributed by atoms with van der Waals surface area (Å²) in [4.78, 5) is 0. The number of hydrogen-bond donors (Lipinski definition) is 0. The largest absolute Gasteiger partial charge is 0.205 e. The average Bonchev–Trinajstić information content (AvgIpc) is 2.71. The van der Waals surface area contributed by atoms with Gasteiger partial charge in [-0.25, -0.2) is 8.78 Å². The highest BCUT2D eigenvalue weighted by Crippen LogP contribution is 2.48. The van der Waals surface area contributed by atoms with Crippen LogP contribution in [-0.2, 0) is 0 Å². The van der Waals surface area contributed by atoms with Crippen LogP contribution in [0, 0.1) is 29.4 Å². The van der Waals surface area contributed by atoms with Crippen molar-refractivity contribution in [1.29, 1.82) is 0 Å². The predicted molar refractivity (Wildman–Crippen MR) is 114 cm³/mol. The molecule has 0 saturated heterocycles. The van der Waals surface area contributed by atoms with Crippen molar-refractivity contribution in [3.8, 4) is 0 Å². The van der Waals surface area contributed by atoms with Crippen molar-refractivity contribution < 1.29 is 8.78 Å². The van der Waals surface area contributed by atoms with Gasteiger partial charge in [0.15, 0.2) is 5.82 Å². The van der Waals surface area contributed by atoms with Crippen LogP contribution in [-0.4, -0.2) is 0 Å². The van der Waals surface area contributed by atoms with Gasteiger partial charge in [0.05, 0.1) is 0 Å². The first-order valence-electron chi connectivity index (χ1n) is 11.1. The normalized spacial score (nSPS) is 27.7. The molecule has 0 nitrogen and oxygen atoms in total. The van der Waals surface area contributed by atoms with Crippen LogP contribution in [0.15, 0.2) is 24.3 Å². The van der Waals surface area contributed by atoms with Crippen LogP contribution in [0.3, 0.4) is 0 Å². The van der Waals surface area contributed by atoms with Gasteiger partial charge in [-0.05, 0) is 72.8 Å². The van der Waals surface area contributed by atoms with Crippen LogP contribution in [0.2, 0.25) is 5.02 Å². The highest BCUT2D eigenvalue weighted by Gasteiger charge is 2.35. The van der Waals surface area contributed by atoms with E-state index in [2.05, 4.69) is 6.92 Å². The van der Waals surface area contributed by atoms with Crippen molar-refractivity contribution in [2.75, 3.05) is 0 Å². The monoisotopic (exact) mass is 404 g/mol. The zero-order chi connectivity index (χ0) is 19.7. The van der Waals surface area contributed by atoms with Gasteiger partial charge < -0.3 is 0 Å². The first-order chi connectivity index (χ1) is 13.6. The minimum atomic E-state index is -0.672. The summed E-state index contributed by atoms with van der Waals surface area (Å²) in [5.41, 5.74) is 1.23. The summed E-state index contributed by atoms with van der Waals surface area (Å²) in [6, 6.07) is 7.17. The fourth-order valence-electron chi connectivity index (χ4n) is 5.81. The minimum absolute atomic E-state index is 0.406. The van der Waals surface area contributed by atoms with Gasteiger partial charge in [0.1, 0.15) is 10.8 Å². The van der Waals surface area contributed by atoms with E-state index in [4.69, 9.17) is 11.6 Å². The fraction of sp³-hybridized carbons (Fsp3) is 0.600. The summed E-state index contributed by atoms with van der Waals surface area (Å²) in [5.74, 6) is 1.87. The second kappa shape index (κ2) is 8.69. The summed E-state index contributed by atoms with van der Waals surface area (Å²) >= 11 is 5.72. The molecule has 4 rings (SSSR count). The molecule has 2 fully saturated rings. The third kappa shape index (κ3) is 4.08. The summed E-state index contributed by atoms with van der Waals surface area (Å²) in [5, 5.41) is 0.631. The van der Waals surface area contributed by atoms with Gasteiger partial charge in [-0.1, -0.05) is 68.8 Å². The van der Waals surface area contributed by atoms with Crippen LogP contribution in [0.25, 0.3) is 10.8 Å². The maximum absolute atomic E-state index is 14.2. The highest BCUT2D eigenvalue weighted by molar-refractivity contribution is 6.31. The Bertz CT molecular complexity index is 831. The Morgan fingerprint density at radius 2 is 1.75 bits per heavy atom. The molecule has 0 radical (unpaired) electrons. The molecular weight excluding hydrogens is 374 g/mol. The summed E-state index contributed by atoms with van der Waals surface area (Å²) in [6.45, 7) is 2.28. The Morgan fingerprint density at radius 1 is 0.964 bits per heavy atom. The molecule has 2 aromatic rings. The van der Waals surface area contributed by atoms with Gasteiger partial charge in [0, 0.05) is 5.39 Å². The molecular formula is C25H31ClF2. The molecule has 2 unspecified atom stereocenters. The van der Waals surface area contributed by atoms with Gasteiger partial charge in [-0.2, -0.15) is 0 Å². The second-order valence-corrected chi connectivity index (χ2v) is 9.55. The molecule has 0 spiro atoms. The molecule has 2 aliphatic carbocycles. The third-order valence-corrected chi connectivity index (χ3v) is 7.75. The Labute approximate surface area is 172 Å². The fourth-order valence-corrected chi connectivity index (χ4v) is 5.97. The lowest BCUT2D eigenvalue weighted by Gasteiger charge is -2.42. The maximum Gasteiger partial charge on any atom is 0.152 e. The van der Waals surface area contributed by atoms with E-state index < -0.39 is 16.7 Å². The van der Waals surface area contributed by atoms with E-state index in [0.29, 0.717) is 16.7 Å². The maximum atomic E-state index is 14.2. The molecule has 0 aromatic heterocycles. The zero-order valence-corrected chi connectivity index (χ0v) is 17.6. The van der Waals surface area contributed by atoms with Crippen molar-refractivity contribution in [3.63, 3.8) is 0 Å². The van der Waals surface area contributed by atoms with E-state index in [1.807, 2.05) is 12.1 Å². The van der Waals surface area contributed by atoms with Crippen molar-refractivity contribution in [2.45, 2.75) is 77.0 Å². The molecule has 2 saturated carbocycles. The number of fused-ring (bicyclic) bond motifs is 2. The molecule has 2 aliphatic rings.